The molecule has 0 unspecified atom stereocenters. The van der Waals surface area contributed by atoms with Gasteiger partial charge in [0.05, 0.1) is 12.4 Å². The molecule has 0 bridgehead atoms. The van der Waals surface area contributed by atoms with Gasteiger partial charge in [-0.3, -0.25) is 4.99 Å². The molecule has 0 aliphatic carbocycles. The SMILES string of the molecule is c1nc(CNC2=NCCC2)no1. The zero-order chi connectivity index (χ0) is 8.23. The van der Waals surface area contributed by atoms with E-state index in [0.717, 1.165) is 25.2 Å². The van der Waals surface area contributed by atoms with E-state index in [9.17, 15) is 0 Å². The molecule has 2 rings (SSSR count). The van der Waals surface area contributed by atoms with Gasteiger partial charge in [-0.15, -0.1) is 0 Å². The molecule has 0 atom stereocenters. The summed E-state index contributed by atoms with van der Waals surface area (Å²) in [6.45, 7) is 1.55. The molecule has 64 valence electrons. The van der Waals surface area contributed by atoms with Crippen LogP contribution in [0.3, 0.4) is 0 Å². The molecule has 0 radical (unpaired) electrons. The number of hydrogen-bond donors (Lipinski definition) is 1. The topological polar surface area (TPSA) is 63.3 Å². The van der Waals surface area contributed by atoms with E-state index < -0.39 is 0 Å². The van der Waals surface area contributed by atoms with E-state index in [1.54, 1.807) is 0 Å². The average Bonchev–Trinajstić information content (AvgIpc) is 2.74. The number of nitrogens with one attached hydrogen (secondary N) is 1. The van der Waals surface area contributed by atoms with Crippen LogP contribution in [0.1, 0.15) is 18.7 Å². The Kier molecular flexibility index (Phi) is 2.02. The molecule has 0 saturated heterocycles. The van der Waals surface area contributed by atoms with Gasteiger partial charge in [-0.2, -0.15) is 4.98 Å². The Morgan fingerprint density at radius 1 is 1.58 bits per heavy atom. The second-order valence-corrected chi connectivity index (χ2v) is 2.63. The number of amidine groups is 1. The Morgan fingerprint density at radius 3 is 3.25 bits per heavy atom. The van der Waals surface area contributed by atoms with Crippen LogP contribution in [0.25, 0.3) is 0 Å². The number of aliphatic imine (C=N–C) groups is 1. The van der Waals surface area contributed by atoms with Gasteiger partial charge in [0, 0.05) is 13.0 Å². The molecule has 1 N–H and O–H groups in total. The molecule has 1 aromatic heterocycles. The highest BCUT2D eigenvalue weighted by Gasteiger charge is 2.06. The van der Waals surface area contributed by atoms with Crippen molar-refractivity contribution in [3.63, 3.8) is 0 Å². The van der Waals surface area contributed by atoms with Crippen LogP contribution in [-0.4, -0.2) is 22.5 Å². The molecule has 5 nitrogen and oxygen atoms in total. The zero-order valence-electron chi connectivity index (χ0n) is 6.66. The van der Waals surface area contributed by atoms with Crippen molar-refractivity contribution >= 4 is 5.84 Å². The lowest BCUT2D eigenvalue weighted by atomic mass is 10.3. The van der Waals surface area contributed by atoms with Crippen LogP contribution >= 0.6 is 0 Å². The summed E-state index contributed by atoms with van der Waals surface area (Å²) >= 11 is 0. The molecule has 12 heavy (non-hydrogen) atoms. The summed E-state index contributed by atoms with van der Waals surface area (Å²) < 4.78 is 4.59. The first kappa shape index (κ1) is 7.27. The number of aromatic nitrogens is 2. The smallest absolute Gasteiger partial charge is 0.213 e. The third kappa shape index (κ3) is 1.61. The maximum atomic E-state index is 4.59. The van der Waals surface area contributed by atoms with Crippen molar-refractivity contribution in [3.8, 4) is 0 Å². The van der Waals surface area contributed by atoms with Gasteiger partial charge < -0.3 is 9.84 Å². The Balaban J connectivity index is 1.82. The van der Waals surface area contributed by atoms with Gasteiger partial charge in [-0.1, -0.05) is 5.16 Å². The fraction of sp³-hybridized carbons (Fsp3) is 0.571. The maximum absolute atomic E-state index is 4.59. The van der Waals surface area contributed by atoms with Gasteiger partial charge in [0.1, 0.15) is 0 Å². The number of hydrogen-bond acceptors (Lipinski definition) is 5. The predicted octanol–water partition coefficient (Wildman–Crippen LogP) is 0.351. The Bertz CT molecular complexity index is 267. The quantitative estimate of drug-likeness (QED) is 0.688. The van der Waals surface area contributed by atoms with Crippen LogP contribution < -0.4 is 5.32 Å². The van der Waals surface area contributed by atoms with Crippen LogP contribution in [0.4, 0.5) is 0 Å². The van der Waals surface area contributed by atoms with Crippen molar-refractivity contribution in [1.29, 1.82) is 0 Å². The molecule has 0 fully saturated rings. The van der Waals surface area contributed by atoms with Crippen molar-refractivity contribution in [2.45, 2.75) is 19.4 Å². The molecule has 0 amide bonds. The first-order valence-corrected chi connectivity index (χ1v) is 3.97. The molecule has 1 aliphatic rings. The van der Waals surface area contributed by atoms with Crippen molar-refractivity contribution in [3.05, 3.63) is 12.2 Å². The van der Waals surface area contributed by atoms with E-state index in [0.29, 0.717) is 12.4 Å². The third-order valence-corrected chi connectivity index (χ3v) is 1.73. The average molecular weight is 166 g/mol. The van der Waals surface area contributed by atoms with E-state index in [2.05, 4.69) is 25.0 Å². The number of nitrogens with zero attached hydrogens (tertiary/aromatic N) is 3. The summed E-state index contributed by atoms with van der Waals surface area (Å²) in [5, 5.41) is 6.82. The summed E-state index contributed by atoms with van der Waals surface area (Å²) in [5.74, 6) is 1.73. The highest BCUT2D eigenvalue weighted by Crippen LogP contribution is 2.01. The minimum Gasteiger partial charge on any atom is -0.366 e. The monoisotopic (exact) mass is 166 g/mol. The molecule has 0 saturated carbocycles. The van der Waals surface area contributed by atoms with Crippen molar-refractivity contribution in [2.24, 2.45) is 4.99 Å². The second kappa shape index (κ2) is 3.34. The summed E-state index contributed by atoms with van der Waals surface area (Å²) in [7, 11) is 0. The minimum atomic E-state index is 0.606. The van der Waals surface area contributed by atoms with Crippen molar-refractivity contribution in [2.75, 3.05) is 6.54 Å². The largest absolute Gasteiger partial charge is 0.366 e. The molecule has 1 aromatic rings. The van der Waals surface area contributed by atoms with Gasteiger partial charge in [-0.25, -0.2) is 0 Å². The molecule has 1 aliphatic heterocycles. The fourth-order valence-corrected chi connectivity index (χ4v) is 1.14. The first-order chi connectivity index (χ1) is 5.95. The molecule has 2 heterocycles. The Morgan fingerprint density at radius 2 is 2.58 bits per heavy atom. The minimum absolute atomic E-state index is 0.606. The molecular formula is C7H10N4O. The van der Waals surface area contributed by atoms with E-state index >= 15 is 0 Å². The third-order valence-electron chi connectivity index (χ3n) is 1.73. The molecule has 0 aromatic carbocycles. The van der Waals surface area contributed by atoms with Gasteiger partial charge in [-0.05, 0) is 6.42 Å². The summed E-state index contributed by atoms with van der Waals surface area (Å²) in [6.07, 6.45) is 3.51. The van der Waals surface area contributed by atoms with Crippen LogP contribution in [0.2, 0.25) is 0 Å². The maximum Gasteiger partial charge on any atom is 0.213 e. The van der Waals surface area contributed by atoms with E-state index in [1.165, 1.54) is 6.39 Å². The van der Waals surface area contributed by atoms with Crippen LogP contribution in [-0.2, 0) is 6.54 Å². The van der Waals surface area contributed by atoms with E-state index in [-0.39, 0.29) is 0 Å². The summed E-state index contributed by atoms with van der Waals surface area (Å²) in [4.78, 5) is 8.14. The van der Waals surface area contributed by atoms with Crippen LogP contribution in [0.15, 0.2) is 15.9 Å². The highest BCUT2D eigenvalue weighted by molar-refractivity contribution is 5.83. The Hall–Kier alpha value is -1.39. The van der Waals surface area contributed by atoms with Gasteiger partial charge in [0.15, 0.2) is 5.82 Å². The zero-order valence-corrected chi connectivity index (χ0v) is 6.66. The van der Waals surface area contributed by atoms with E-state index in [4.69, 9.17) is 0 Å². The molecule has 5 heteroatoms. The van der Waals surface area contributed by atoms with Gasteiger partial charge in [0.2, 0.25) is 6.39 Å². The highest BCUT2D eigenvalue weighted by atomic mass is 16.5. The lowest BCUT2D eigenvalue weighted by Gasteiger charge is -2.00. The van der Waals surface area contributed by atoms with Crippen molar-refractivity contribution in [1.82, 2.24) is 15.5 Å². The first-order valence-electron chi connectivity index (χ1n) is 3.97. The second-order valence-electron chi connectivity index (χ2n) is 2.63. The molecular weight excluding hydrogens is 156 g/mol. The lowest BCUT2D eigenvalue weighted by Crippen LogP contribution is -2.21. The molecule has 0 spiro atoms. The van der Waals surface area contributed by atoms with Crippen LogP contribution in [0.5, 0.6) is 0 Å². The van der Waals surface area contributed by atoms with Crippen LogP contribution in [0, 0.1) is 0 Å². The predicted molar refractivity (Wildman–Crippen MR) is 42.7 cm³/mol. The standard InChI is InChI=1S/C7H10N4O/c1-2-6(8-3-1)9-4-7-10-5-12-11-7/h5H,1-4H2,(H,8,9). The van der Waals surface area contributed by atoms with Gasteiger partial charge >= 0.3 is 0 Å². The summed E-state index contributed by atoms with van der Waals surface area (Å²) in [5.41, 5.74) is 0. The van der Waals surface area contributed by atoms with Gasteiger partial charge in [0.25, 0.3) is 0 Å². The number of rotatable bonds is 2. The Labute approximate surface area is 69.9 Å². The normalized spacial score (nSPS) is 16.2. The van der Waals surface area contributed by atoms with Crippen molar-refractivity contribution < 1.29 is 4.52 Å². The summed E-state index contributed by atoms with van der Waals surface area (Å²) in [6, 6.07) is 0. The van der Waals surface area contributed by atoms with E-state index in [1.807, 2.05) is 0 Å². The fourth-order valence-electron chi connectivity index (χ4n) is 1.14. The lowest BCUT2D eigenvalue weighted by molar-refractivity contribution is 0.409.